The highest BCUT2D eigenvalue weighted by atomic mass is 32.2. The molecule has 0 aliphatic heterocycles. The Morgan fingerprint density at radius 2 is 2.00 bits per heavy atom. The molecule has 0 heterocycles. The van der Waals surface area contributed by atoms with Gasteiger partial charge in [0, 0.05) is 25.0 Å². The van der Waals surface area contributed by atoms with Gasteiger partial charge in [0.05, 0.1) is 11.9 Å². The maximum Gasteiger partial charge on any atom is 0.220 e. The number of carbonyl (C=O) groups excluding carboxylic acids is 1. The monoisotopic (exact) mass is 306 g/mol. The first kappa shape index (κ1) is 17.4. The van der Waals surface area contributed by atoms with Crippen molar-refractivity contribution in [3.05, 3.63) is 0 Å². The van der Waals surface area contributed by atoms with Crippen molar-refractivity contribution in [2.24, 2.45) is 10.6 Å². The molecule has 1 saturated carbocycles. The standard InChI is InChI=1S/C13H26N2O4S/c1-4-13(5-2)10(9-11(13)19-3)15-12(16)7-6-8-20(14,17)18/h10-11H,4-9H2,1-3H3,(H,15,16)(H2,14,17,18). The number of nitrogens with one attached hydrogen (secondary N) is 1. The zero-order chi connectivity index (χ0) is 15.4. The average molecular weight is 306 g/mol. The van der Waals surface area contributed by atoms with Crippen LogP contribution in [0.3, 0.4) is 0 Å². The van der Waals surface area contributed by atoms with Gasteiger partial charge in [-0.2, -0.15) is 0 Å². The number of amides is 1. The van der Waals surface area contributed by atoms with Crippen LogP contribution in [0, 0.1) is 5.41 Å². The van der Waals surface area contributed by atoms with E-state index < -0.39 is 10.0 Å². The van der Waals surface area contributed by atoms with Crippen molar-refractivity contribution in [2.45, 2.75) is 58.1 Å². The van der Waals surface area contributed by atoms with Gasteiger partial charge in [-0.05, 0) is 25.7 Å². The van der Waals surface area contributed by atoms with E-state index in [9.17, 15) is 13.2 Å². The summed E-state index contributed by atoms with van der Waals surface area (Å²) in [6.45, 7) is 4.21. The molecule has 2 unspecified atom stereocenters. The van der Waals surface area contributed by atoms with Crippen LogP contribution < -0.4 is 10.5 Å². The molecule has 7 heteroatoms. The first-order chi connectivity index (χ1) is 9.29. The molecule has 1 fully saturated rings. The van der Waals surface area contributed by atoms with E-state index in [1.165, 1.54) is 0 Å². The third-order valence-corrected chi connectivity index (χ3v) is 5.41. The molecule has 1 aliphatic carbocycles. The maximum atomic E-state index is 11.9. The summed E-state index contributed by atoms with van der Waals surface area (Å²) in [4.78, 5) is 11.9. The fourth-order valence-electron chi connectivity index (χ4n) is 3.18. The quantitative estimate of drug-likeness (QED) is 0.692. The van der Waals surface area contributed by atoms with E-state index >= 15 is 0 Å². The molecule has 6 nitrogen and oxygen atoms in total. The van der Waals surface area contributed by atoms with Gasteiger partial charge in [-0.1, -0.05) is 13.8 Å². The smallest absolute Gasteiger partial charge is 0.220 e. The fourth-order valence-corrected chi connectivity index (χ4v) is 3.73. The number of hydrogen-bond donors (Lipinski definition) is 2. The predicted octanol–water partition coefficient (Wildman–Crippen LogP) is 0.765. The van der Waals surface area contributed by atoms with Crippen LogP contribution in [0.2, 0.25) is 0 Å². The van der Waals surface area contributed by atoms with E-state index in [1.807, 2.05) is 0 Å². The molecule has 1 aliphatic rings. The molecule has 0 aromatic carbocycles. The van der Waals surface area contributed by atoms with Crippen molar-refractivity contribution >= 4 is 15.9 Å². The topological polar surface area (TPSA) is 98.5 Å². The number of nitrogens with two attached hydrogens (primary N) is 1. The third-order valence-electron chi connectivity index (χ3n) is 4.55. The highest BCUT2D eigenvalue weighted by Gasteiger charge is 2.53. The minimum absolute atomic E-state index is 0.00432. The van der Waals surface area contributed by atoms with E-state index in [0.717, 1.165) is 19.3 Å². The normalized spacial score (nSPS) is 25.0. The molecular formula is C13H26N2O4S. The minimum Gasteiger partial charge on any atom is -0.381 e. The largest absolute Gasteiger partial charge is 0.381 e. The Kier molecular flexibility index (Phi) is 5.97. The van der Waals surface area contributed by atoms with Crippen LogP contribution in [0.15, 0.2) is 0 Å². The highest BCUT2D eigenvalue weighted by Crippen LogP contribution is 2.48. The third kappa shape index (κ3) is 3.93. The maximum absolute atomic E-state index is 11.9. The van der Waals surface area contributed by atoms with Gasteiger partial charge >= 0.3 is 0 Å². The van der Waals surface area contributed by atoms with E-state index in [-0.39, 0.29) is 42.1 Å². The van der Waals surface area contributed by atoms with Gasteiger partial charge in [0.15, 0.2) is 0 Å². The summed E-state index contributed by atoms with van der Waals surface area (Å²) in [5, 5.41) is 7.91. The average Bonchev–Trinajstić information content (AvgIpc) is 2.34. The van der Waals surface area contributed by atoms with Crippen LogP contribution in [0.5, 0.6) is 0 Å². The number of ether oxygens (including phenoxy) is 1. The lowest BCUT2D eigenvalue weighted by Gasteiger charge is -2.55. The number of rotatable bonds is 8. The number of hydrogen-bond acceptors (Lipinski definition) is 4. The van der Waals surface area contributed by atoms with E-state index in [4.69, 9.17) is 9.88 Å². The Morgan fingerprint density at radius 3 is 2.45 bits per heavy atom. The van der Waals surface area contributed by atoms with Crippen molar-refractivity contribution in [1.82, 2.24) is 5.32 Å². The van der Waals surface area contributed by atoms with Crippen molar-refractivity contribution in [3.63, 3.8) is 0 Å². The number of primary sulfonamides is 1. The highest BCUT2D eigenvalue weighted by molar-refractivity contribution is 7.89. The van der Waals surface area contributed by atoms with Gasteiger partial charge < -0.3 is 10.1 Å². The molecule has 1 amide bonds. The van der Waals surface area contributed by atoms with E-state index in [2.05, 4.69) is 19.2 Å². The lowest BCUT2D eigenvalue weighted by atomic mass is 9.58. The Balaban J connectivity index is 2.46. The SMILES string of the molecule is CCC1(CC)C(NC(=O)CCCS(N)(=O)=O)CC1OC. The molecule has 118 valence electrons. The Hall–Kier alpha value is -0.660. The minimum atomic E-state index is -3.48. The summed E-state index contributed by atoms with van der Waals surface area (Å²) in [5.74, 6) is -0.266. The van der Waals surface area contributed by atoms with E-state index in [0.29, 0.717) is 0 Å². The molecule has 2 atom stereocenters. The predicted molar refractivity (Wildman–Crippen MR) is 77.6 cm³/mol. The lowest BCUT2D eigenvalue weighted by molar-refractivity contribution is -0.141. The lowest BCUT2D eigenvalue weighted by Crippen LogP contribution is -2.64. The molecule has 0 spiro atoms. The molecular weight excluding hydrogens is 280 g/mol. The second-order valence-electron chi connectivity index (χ2n) is 5.49. The van der Waals surface area contributed by atoms with Crippen LogP contribution in [-0.2, 0) is 19.6 Å². The zero-order valence-corrected chi connectivity index (χ0v) is 13.3. The first-order valence-electron chi connectivity index (χ1n) is 7.11. The van der Waals surface area contributed by atoms with Crippen molar-refractivity contribution in [3.8, 4) is 0 Å². The van der Waals surface area contributed by atoms with Crippen LogP contribution in [-0.4, -0.2) is 39.3 Å². The van der Waals surface area contributed by atoms with E-state index in [1.54, 1.807) is 7.11 Å². The van der Waals surface area contributed by atoms with Crippen LogP contribution in [0.4, 0.5) is 0 Å². The Bertz CT molecular complexity index is 432. The molecule has 1 rings (SSSR count). The molecule has 20 heavy (non-hydrogen) atoms. The Morgan fingerprint density at radius 1 is 1.40 bits per heavy atom. The van der Waals surface area contributed by atoms with Gasteiger partial charge in [-0.25, -0.2) is 13.6 Å². The Labute approximate surface area is 121 Å². The molecule has 0 saturated heterocycles. The summed E-state index contributed by atoms with van der Waals surface area (Å²) in [6.07, 6.45) is 3.35. The first-order valence-corrected chi connectivity index (χ1v) is 8.83. The van der Waals surface area contributed by atoms with Crippen LogP contribution in [0.25, 0.3) is 0 Å². The molecule has 0 bridgehead atoms. The van der Waals surface area contributed by atoms with Gasteiger partial charge in [-0.15, -0.1) is 0 Å². The fraction of sp³-hybridized carbons (Fsp3) is 0.923. The summed E-state index contributed by atoms with van der Waals surface area (Å²) >= 11 is 0. The van der Waals surface area contributed by atoms with Crippen molar-refractivity contribution in [1.29, 1.82) is 0 Å². The van der Waals surface area contributed by atoms with Gasteiger partial charge in [-0.3, -0.25) is 4.79 Å². The molecule has 0 aromatic heterocycles. The second-order valence-corrected chi connectivity index (χ2v) is 7.22. The molecule has 3 N–H and O–H groups in total. The second kappa shape index (κ2) is 6.87. The summed E-state index contributed by atoms with van der Waals surface area (Å²) in [7, 11) is -1.78. The van der Waals surface area contributed by atoms with Crippen LogP contribution >= 0.6 is 0 Å². The number of methoxy groups -OCH3 is 1. The molecule has 0 aromatic rings. The van der Waals surface area contributed by atoms with Crippen LogP contribution in [0.1, 0.15) is 46.0 Å². The van der Waals surface area contributed by atoms with Crippen molar-refractivity contribution in [2.75, 3.05) is 12.9 Å². The summed E-state index contributed by atoms with van der Waals surface area (Å²) in [5.41, 5.74) is 0.00432. The zero-order valence-electron chi connectivity index (χ0n) is 12.5. The number of carbonyl (C=O) groups is 1. The summed E-state index contributed by atoms with van der Waals surface area (Å²) < 4.78 is 27.1. The molecule has 0 radical (unpaired) electrons. The van der Waals surface area contributed by atoms with Gasteiger partial charge in [0.1, 0.15) is 0 Å². The van der Waals surface area contributed by atoms with Gasteiger partial charge in [0.2, 0.25) is 15.9 Å². The number of sulfonamides is 1. The van der Waals surface area contributed by atoms with Gasteiger partial charge in [0.25, 0.3) is 0 Å². The summed E-state index contributed by atoms with van der Waals surface area (Å²) in [6, 6.07) is 0.115. The van der Waals surface area contributed by atoms with Crippen molar-refractivity contribution < 1.29 is 17.9 Å².